The monoisotopic (exact) mass is 358 g/mol. The van der Waals surface area contributed by atoms with E-state index in [0.29, 0.717) is 17.3 Å². The van der Waals surface area contributed by atoms with Crippen molar-refractivity contribution in [1.29, 1.82) is 0 Å². The van der Waals surface area contributed by atoms with Gasteiger partial charge in [0.2, 0.25) is 11.8 Å². The van der Waals surface area contributed by atoms with Crippen LogP contribution >= 0.6 is 0 Å². The number of ketones is 1. The zero-order chi connectivity index (χ0) is 18.8. The quantitative estimate of drug-likeness (QED) is 0.854. The number of rotatable bonds is 4. The number of benzene rings is 2. The van der Waals surface area contributed by atoms with Crippen molar-refractivity contribution < 1.29 is 23.2 Å². The highest BCUT2D eigenvalue weighted by molar-refractivity contribution is 6.07. The maximum absolute atomic E-state index is 13.9. The Morgan fingerprint density at radius 3 is 2.58 bits per heavy atom. The SMILES string of the molecule is CC(=O)c1ccccc1NC(=O)[C@@H]1CC(=O)N(c2ccc(F)cc2F)C1. The van der Waals surface area contributed by atoms with Crippen LogP contribution in [0, 0.1) is 17.6 Å². The molecule has 0 unspecified atom stereocenters. The first kappa shape index (κ1) is 17.7. The van der Waals surface area contributed by atoms with Crippen LogP contribution in [0.2, 0.25) is 0 Å². The van der Waals surface area contributed by atoms with E-state index in [0.717, 1.165) is 11.0 Å². The molecule has 0 aliphatic carbocycles. The van der Waals surface area contributed by atoms with Crippen molar-refractivity contribution in [2.75, 3.05) is 16.8 Å². The van der Waals surface area contributed by atoms with Crippen LogP contribution in [0.5, 0.6) is 0 Å². The van der Waals surface area contributed by atoms with Gasteiger partial charge in [-0.2, -0.15) is 0 Å². The molecular weight excluding hydrogens is 342 g/mol. The van der Waals surface area contributed by atoms with Crippen molar-refractivity contribution in [3.05, 3.63) is 59.7 Å². The third kappa shape index (κ3) is 3.46. The van der Waals surface area contributed by atoms with Crippen molar-refractivity contribution in [3.8, 4) is 0 Å². The highest BCUT2D eigenvalue weighted by Crippen LogP contribution is 2.29. The van der Waals surface area contributed by atoms with Gasteiger partial charge in [0.25, 0.3) is 0 Å². The van der Waals surface area contributed by atoms with Gasteiger partial charge in [0.15, 0.2) is 5.78 Å². The Balaban J connectivity index is 1.76. The molecule has 7 heteroatoms. The van der Waals surface area contributed by atoms with Crippen molar-refractivity contribution in [2.24, 2.45) is 5.92 Å². The number of carbonyl (C=O) groups is 3. The van der Waals surface area contributed by atoms with Crippen LogP contribution in [0.1, 0.15) is 23.7 Å². The summed E-state index contributed by atoms with van der Waals surface area (Å²) < 4.78 is 27.0. The number of anilines is 2. The summed E-state index contributed by atoms with van der Waals surface area (Å²) in [5.74, 6) is -3.35. The van der Waals surface area contributed by atoms with Gasteiger partial charge in [-0.1, -0.05) is 12.1 Å². The van der Waals surface area contributed by atoms with E-state index in [4.69, 9.17) is 0 Å². The lowest BCUT2D eigenvalue weighted by atomic mass is 10.1. The van der Waals surface area contributed by atoms with Crippen LogP contribution in [0.25, 0.3) is 0 Å². The fourth-order valence-electron chi connectivity index (χ4n) is 2.95. The molecular formula is C19H16F2N2O3. The molecule has 5 nitrogen and oxygen atoms in total. The van der Waals surface area contributed by atoms with Crippen LogP contribution in [-0.2, 0) is 9.59 Å². The zero-order valence-electron chi connectivity index (χ0n) is 14.0. The summed E-state index contributed by atoms with van der Waals surface area (Å²) in [6, 6.07) is 9.49. The van der Waals surface area contributed by atoms with Gasteiger partial charge in [-0.05, 0) is 31.2 Å². The van der Waals surface area contributed by atoms with E-state index in [1.165, 1.54) is 13.0 Å². The van der Waals surface area contributed by atoms with Crippen LogP contribution < -0.4 is 10.2 Å². The average Bonchev–Trinajstić information content (AvgIpc) is 2.97. The minimum atomic E-state index is -0.860. The van der Waals surface area contributed by atoms with Gasteiger partial charge in [-0.15, -0.1) is 0 Å². The molecule has 2 aromatic rings. The minimum absolute atomic E-state index is 0.0184. The van der Waals surface area contributed by atoms with E-state index in [2.05, 4.69) is 5.32 Å². The number of hydrogen-bond donors (Lipinski definition) is 1. The molecule has 1 N–H and O–H groups in total. The Hall–Kier alpha value is -3.09. The Morgan fingerprint density at radius 2 is 1.88 bits per heavy atom. The normalized spacial score (nSPS) is 16.7. The number of para-hydroxylation sites is 1. The predicted octanol–water partition coefficient (Wildman–Crippen LogP) is 3.16. The van der Waals surface area contributed by atoms with E-state index in [1.54, 1.807) is 24.3 Å². The molecule has 1 heterocycles. The first-order valence-corrected chi connectivity index (χ1v) is 8.03. The van der Waals surface area contributed by atoms with E-state index in [9.17, 15) is 23.2 Å². The fourth-order valence-corrected chi connectivity index (χ4v) is 2.95. The van der Waals surface area contributed by atoms with E-state index >= 15 is 0 Å². The highest BCUT2D eigenvalue weighted by atomic mass is 19.1. The number of carbonyl (C=O) groups excluding carboxylic acids is 3. The zero-order valence-corrected chi connectivity index (χ0v) is 14.0. The molecule has 2 aromatic carbocycles. The maximum atomic E-state index is 13.9. The fraction of sp³-hybridized carbons (Fsp3) is 0.211. The Morgan fingerprint density at radius 1 is 1.15 bits per heavy atom. The number of nitrogens with zero attached hydrogens (tertiary/aromatic N) is 1. The second-order valence-corrected chi connectivity index (χ2v) is 6.09. The minimum Gasteiger partial charge on any atom is -0.325 e. The number of hydrogen-bond acceptors (Lipinski definition) is 3. The first-order chi connectivity index (χ1) is 12.4. The van der Waals surface area contributed by atoms with Gasteiger partial charge >= 0.3 is 0 Å². The van der Waals surface area contributed by atoms with Crippen LogP contribution in [-0.4, -0.2) is 24.1 Å². The summed E-state index contributed by atoms with van der Waals surface area (Å²) >= 11 is 0. The van der Waals surface area contributed by atoms with Crippen LogP contribution in [0.3, 0.4) is 0 Å². The van der Waals surface area contributed by atoms with Crippen LogP contribution in [0.4, 0.5) is 20.2 Å². The molecule has 0 saturated carbocycles. The third-order valence-corrected chi connectivity index (χ3v) is 4.26. The van der Waals surface area contributed by atoms with Crippen molar-refractivity contribution in [2.45, 2.75) is 13.3 Å². The predicted molar refractivity (Wildman–Crippen MR) is 91.9 cm³/mol. The lowest BCUT2D eigenvalue weighted by Crippen LogP contribution is -2.29. The number of Topliss-reactive ketones (excluding diaryl/α,β-unsaturated/α-hetero) is 1. The Kier molecular flexibility index (Phi) is 4.79. The molecule has 0 bridgehead atoms. The van der Waals surface area contributed by atoms with Gasteiger partial charge in [0, 0.05) is 24.6 Å². The average molecular weight is 358 g/mol. The van der Waals surface area contributed by atoms with Gasteiger partial charge in [-0.3, -0.25) is 14.4 Å². The number of amides is 2. The molecule has 1 atom stereocenters. The molecule has 1 aliphatic rings. The highest BCUT2D eigenvalue weighted by Gasteiger charge is 2.36. The molecule has 0 radical (unpaired) electrons. The Labute approximate surface area is 148 Å². The Bertz CT molecular complexity index is 898. The summed E-state index contributed by atoms with van der Waals surface area (Å²) in [6.07, 6.45) is -0.0924. The van der Waals surface area contributed by atoms with Crippen molar-refractivity contribution in [3.63, 3.8) is 0 Å². The van der Waals surface area contributed by atoms with E-state index in [1.807, 2.05) is 0 Å². The molecule has 0 spiro atoms. The van der Waals surface area contributed by atoms with Gasteiger partial charge < -0.3 is 10.2 Å². The smallest absolute Gasteiger partial charge is 0.229 e. The van der Waals surface area contributed by atoms with Crippen molar-refractivity contribution in [1.82, 2.24) is 0 Å². The second kappa shape index (κ2) is 7.03. The molecule has 1 fully saturated rings. The summed E-state index contributed by atoms with van der Waals surface area (Å²) in [5.41, 5.74) is 0.673. The molecule has 2 amide bonds. The molecule has 1 aliphatic heterocycles. The summed E-state index contributed by atoms with van der Waals surface area (Å²) in [6.45, 7) is 1.37. The summed E-state index contributed by atoms with van der Waals surface area (Å²) in [7, 11) is 0. The van der Waals surface area contributed by atoms with Gasteiger partial charge in [0.05, 0.1) is 17.3 Å². The standard InChI is InChI=1S/C19H16F2N2O3/c1-11(24)14-4-2-3-5-16(14)22-19(26)12-8-18(25)23(10-12)17-7-6-13(20)9-15(17)21/h2-7,9,12H,8,10H2,1H3,(H,22,26)/t12-/m1/s1. The maximum Gasteiger partial charge on any atom is 0.229 e. The summed E-state index contributed by atoms with van der Waals surface area (Å²) in [4.78, 5) is 37.5. The molecule has 3 rings (SSSR count). The first-order valence-electron chi connectivity index (χ1n) is 8.03. The lowest BCUT2D eigenvalue weighted by Gasteiger charge is -2.17. The largest absolute Gasteiger partial charge is 0.325 e. The molecule has 26 heavy (non-hydrogen) atoms. The van der Waals surface area contributed by atoms with Gasteiger partial charge in [0.1, 0.15) is 11.6 Å². The molecule has 0 aromatic heterocycles. The van der Waals surface area contributed by atoms with Crippen molar-refractivity contribution >= 4 is 29.0 Å². The molecule has 134 valence electrons. The molecule has 1 saturated heterocycles. The van der Waals surface area contributed by atoms with E-state index < -0.39 is 29.4 Å². The second-order valence-electron chi connectivity index (χ2n) is 6.09. The lowest BCUT2D eigenvalue weighted by molar-refractivity contribution is -0.122. The number of nitrogens with one attached hydrogen (secondary N) is 1. The topological polar surface area (TPSA) is 66.5 Å². The number of halogens is 2. The van der Waals surface area contributed by atoms with Gasteiger partial charge in [-0.25, -0.2) is 8.78 Å². The van der Waals surface area contributed by atoms with E-state index in [-0.39, 0.29) is 24.4 Å². The van der Waals surface area contributed by atoms with Crippen LogP contribution in [0.15, 0.2) is 42.5 Å². The summed E-state index contributed by atoms with van der Waals surface area (Å²) in [5, 5.41) is 2.66. The third-order valence-electron chi connectivity index (χ3n) is 4.26.